The van der Waals surface area contributed by atoms with E-state index in [1.54, 1.807) is 6.20 Å². The Hall–Kier alpha value is -1.05. The number of aromatic nitrogens is 1. The van der Waals surface area contributed by atoms with E-state index in [9.17, 15) is 0 Å². The van der Waals surface area contributed by atoms with Crippen LogP contribution in [0.1, 0.15) is 19.3 Å². The SMILES string of the molecule is [c]1ncccc1NC1CCC1. The lowest BCUT2D eigenvalue weighted by atomic mass is 9.93. The van der Waals surface area contributed by atoms with Crippen LogP contribution in [0.25, 0.3) is 0 Å². The van der Waals surface area contributed by atoms with Gasteiger partial charge in [-0.1, -0.05) is 0 Å². The van der Waals surface area contributed by atoms with Crippen LogP contribution in [0.15, 0.2) is 18.3 Å². The van der Waals surface area contributed by atoms with Gasteiger partial charge in [-0.3, -0.25) is 4.98 Å². The normalized spacial score (nSPS) is 17.5. The van der Waals surface area contributed by atoms with Gasteiger partial charge < -0.3 is 5.32 Å². The van der Waals surface area contributed by atoms with Crippen LogP contribution >= 0.6 is 0 Å². The van der Waals surface area contributed by atoms with E-state index in [1.807, 2.05) is 12.1 Å². The van der Waals surface area contributed by atoms with Crippen LogP contribution in [0, 0.1) is 6.20 Å². The quantitative estimate of drug-likeness (QED) is 0.690. The molecule has 0 aliphatic heterocycles. The fourth-order valence-corrected chi connectivity index (χ4v) is 1.18. The zero-order chi connectivity index (χ0) is 7.52. The molecule has 1 heterocycles. The molecule has 0 aromatic carbocycles. The van der Waals surface area contributed by atoms with Gasteiger partial charge in [-0.05, 0) is 31.4 Å². The van der Waals surface area contributed by atoms with Gasteiger partial charge in [-0.2, -0.15) is 0 Å². The first-order valence-corrected chi connectivity index (χ1v) is 4.04. The predicted octanol–water partition coefficient (Wildman–Crippen LogP) is 1.85. The lowest BCUT2D eigenvalue weighted by Crippen LogP contribution is -2.26. The number of nitrogens with one attached hydrogen (secondary N) is 1. The number of rotatable bonds is 2. The molecule has 0 amide bonds. The van der Waals surface area contributed by atoms with Gasteiger partial charge in [0, 0.05) is 12.2 Å². The fraction of sp³-hybridized carbons (Fsp3) is 0.444. The number of nitrogens with zero attached hydrogens (tertiary/aromatic N) is 1. The van der Waals surface area contributed by atoms with Crippen molar-refractivity contribution >= 4 is 5.69 Å². The predicted molar refractivity (Wildman–Crippen MR) is 44.3 cm³/mol. The molecule has 2 nitrogen and oxygen atoms in total. The van der Waals surface area contributed by atoms with Gasteiger partial charge in [0.15, 0.2) is 0 Å². The summed E-state index contributed by atoms with van der Waals surface area (Å²) in [6.45, 7) is 0. The Labute approximate surface area is 66.7 Å². The Morgan fingerprint density at radius 2 is 2.45 bits per heavy atom. The minimum atomic E-state index is 0.676. The highest BCUT2D eigenvalue weighted by molar-refractivity contribution is 5.40. The van der Waals surface area contributed by atoms with Crippen LogP contribution in [-0.4, -0.2) is 11.0 Å². The zero-order valence-electron chi connectivity index (χ0n) is 6.38. The first kappa shape index (κ1) is 6.65. The van der Waals surface area contributed by atoms with Crippen molar-refractivity contribution in [2.45, 2.75) is 25.3 Å². The van der Waals surface area contributed by atoms with Crippen molar-refractivity contribution < 1.29 is 0 Å². The van der Waals surface area contributed by atoms with E-state index in [1.165, 1.54) is 19.3 Å². The molecule has 1 aromatic heterocycles. The number of hydrogen-bond acceptors (Lipinski definition) is 2. The molecule has 1 saturated carbocycles. The van der Waals surface area contributed by atoms with E-state index in [2.05, 4.69) is 16.5 Å². The van der Waals surface area contributed by atoms with Crippen LogP contribution in [0.4, 0.5) is 5.69 Å². The molecular formula is C9H11N2. The van der Waals surface area contributed by atoms with Gasteiger partial charge in [-0.15, -0.1) is 0 Å². The summed E-state index contributed by atoms with van der Waals surface area (Å²) < 4.78 is 0. The molecule has 2 rings (SSSR count). The lowest BCUT2D eigenvalue weighted by molar-refractivity contribution is 0.445. The summed E-state index contributed by atoms with van der Waals surface area (Å²) in [4.78, 5) is 3.91. The maximum absolute atomic E-state index is 3.91. The average molecular weight is 147 g/mol. The van der Waals surface area contributed by atoms with Gasteiger partial charge in [0.05, 0.1) is 5.69 Å². The third-order valence-electron chi connectivity index (χ3n) is 2.07. The fourth-order valence-electron chi connectivity index (χ4n) is 1.18. The molecule has 11 heavy (non-hydrogen) atoms. The molecule has 1 radical (unpaired) electrons. The summed E-state index contributed by atoms with van der Waals surface area (Å²) in [6.07, 6.45) is 8.60. The summed E-state index contributed by atoms with van der Waals surface area (Å²) >= 11 is 0. The topological polar surface area (TPSA) is 24.9 Å². The number of pyridine rings is 1. The molecule has 2 heteroatoms. The van der Waals surface area contributed by atoms with Gasteiger partial charge in [0.25, 0.3) is 0 Å². The van der Waals surface area contributed by atoms with Crippen molar-refractivity contribution in [3.63, 3.8) is 0 Å². The highest BCUT2D eigenvalue weighted by atomic mass is 14.9. The van der Waals surface area contributed by atoms with Crippen molar-refractivity contribution in [2.75, 3.05) is 5.32 Å². The Balaban J connectivity index is 1.95. The Morgan fingerprint density at radius 3 is 3.00 bits per heavy atom. The molecule has 1 aliphatic carbocycles. The van der Waals surface area contributed by atoms with Gasteiger partial charge >= 0.3 is 0 Å². The maximum atomic E-state index is 3.91. The standard InChI is InChI=1S/C9H11N2/c1-3-8(4-1)11-9-5-2-6-10-7-9/h2,5-6,8,11H,1,3-4H2. The third-order valence-corrected chi connectivity index (χ3v) is 2.07. The smallest absolute Gasteiger partial charge is 0.114 e. The number of hydrogen-bond donors (Lipinski definition) is 1. The molecule has 0 unspecified atom stereocenters. The van der Waals surface area contributed by atoms with E-state index in [0.29, 0.717) is 6.04 Å². The van der Waals surface area contributed by atoms with Gasteiger partial charge in [0.2, 0.25) is 0 Å². The molecule has 0 saturated heterocycles. The van der Waals surface area contributed by atoms with Gasteiger partial charge in [-0.25, -0.2) is 0 Å². The minimum Gasteiger partial charge on any atom is -0.381 e. The Morgan fingerprint density at radius 1 is 1.55 bits per heavy atom. The number of anilines is 1. The van der Waals surface area contributed by atoms with E-state index < -0.39 is 0 Å². The third kappa shape index (κ3) is 1.50. The maximum Gasteiger partial charge on any atom is 0.114 e. The lowest BCUT2D eigenvalue weighted by Gasteiger charge is -2.26. The Kier molecular flexibility index (Phi) is 1.76. The van der Waals surface area contributed by atoms with Crippen LogP contribution in [0.5, 0.6) is 0 Å². The molecular weight excluding hydrogens is 136 g/mol. The van der Waals surface area contributed by atoms with Gasteiger partial charge in [0.1, 0.15) is 6.20 Å². The van der Waals surface area contributed by atoms with Crippen LogP contribution in [0.2, 0.25) is 0 Å². The first-order chi connectivity index (χ1) is 5.45. The summed E-state index contributed by atoms with van der Waals surface area (Å²) in [7, 11) is 0. The van der Waals surface area contributed by atoms with E-state index in [-0.39, 0.29) is 0 Å². The second-order valence-corrected chi connectivity index (χ2v) is 2.93. The van der Waals surface area contributed by atoms with Crippen molar-refractivity contribution in [1.29, 1.82) is 0 Å². The second kappa shape index (κ2) is 2.91. The zero-order valence-corrected chi connectivity index (χ0v) is 6.38. The second-order valence-electron chi connectivity index (χ2n) is 2.93. The largest absolute Gasteiger partial charge is 0.381 e. The minimum absolute atomic E-state index is 0.676. The molecule has 0 bridgehead atoms. The van der Waals surface area contributed by atoms with Crippen LogP contribution < -0.4 is 5.32 Å². The van der Waals surface area contributed by atoms with E-state index in [0.717, 1.165) is 5.69 Å². The highest BCUT2D eigenvalue weighted by Crippen LogP contribution is 2.22. The van der Waals surface area contributed by atoms with Crippen molar-refractivity contribution in [2.24, 2.45) is 0 Å². The molecule has 0 spiro atoms. The van der Waals surface area contributed by atoms with Crippen molar-refractivity contribution in [1.82, 2.24) is 4.98 Å². The van der Waals surface area contributed by atoms with E-state index in [4.69, 9.17) is 0 Å². The molecule has 1 aromatic rings. The Bertz CT molecular complexity index is 216. The molecule has 1 N–H and O–H groups in total. The molecule has 1 aliphatic rings. The molecule has 57 valence electrons. The summed E-state index contributed by atoms with van der Waals surface area (Å²) in [5.41, 5.74) is 1.03. The molecule has 1 fully saturated rings. The summed E-state index contributed by atoms with van der Waals surface area (Å²) in [5, 5.41) is 3.36. The van der Waals surface area contributed by atoms with Crippen molar-refractivity contribution in [3.05, 3.63) is 24.5 Å². The summed E-state index contributed by atoms with van der Waals surface area (Å²) in [5.74, 6) is 0. The van der Waals surface area contributed by atoms with Crippen LogP contribution in [0.3, 0.4) is 0 Å². The summed E-state index contributed by atoms with van der Waals surface area (Å²) in [6, 6.07) is 4.61. The highest BCUT2D eigenvalue weighted by Gasteiger charge is 2.16. The van der Waals surface area contributed by atoms with Crippen molar-refractivity contribution in [3.8, 4) is 0 Å². The monoisotopic (exact) mass is 147 g/mol. The van der Waals surface area contributed by atoms with E-state index >= 15 is 0 Å². The average Bonchev–Trinajstić information content (AvgIpc) is 1.99. The molecule has 0 atom stereocenters. The first-order valence-electron chi connectivity index (χ1n) is 4.04. The van der Waals surface area contributed by atoms with Crippen LogP contribution in [-0.2, 0) is 0 Å².